The Morgan fingerprint density at radius 3 is 2.46 bits per heavy atom. The average molecular weight is 366 g/mol. The number of aromatic nitrogens is 4. The molecule has 3 rings (SSSR count). The van der Waals surface area contributed by atoms with Crippen LogP contribution in [0.3, 0.4) is 0 Å². The molecule has 0 amide bonds. The molecule has 9 heteroatoms. The van der Waals surface area contributed by atoms with Gasteiger partial charge in [0.25, 0.3) is 6.01 Å². The maximum atomic E-state index is 13.8. The third-order valence-electron chi connectivity index (χ3n) is 4.13. The molecule has 0 aliphatic rings. The van der Waals surface area contributed by atoms with Gasteiger partial charge in [0.2, 0.25) is 0 Å². The molecule has 1 atom stereocenters. The second-order valence-electron chi connectivity index (χ2n) is 5.84. The van der Waals surface area contributed by atoms with Gasteiger partial charge in [-0.1, -0.05) is 13.8 Å². The molecular weight excluding hydrogens is 349 g/mol. The zero-order chi connectivity index (χ0) is 19.0. The number of nitrogens with zero attached hydrogens (tertiary/aromatic N) is 3. The van der Waals surface area contributed by atoms with E-state index in [1.54, 1.807) is 6.92 Å². The molecule has 0 aliphatic carbocycles. The molecule has 0 saturated carbocycles. The minimum atomic E-state index is -1.56. The summed E-state index contributed by atoms with van der Waals surface area (Å²) in [7, 11) is 0. The summed E-state index contributed by atoms with van der Waals surface area (Å²) in [5.41, 5.74) is 0.233. The van der Waals surface area contributed by atoms with Crippen LogP contribution < -0.4 is 10.4 Å². The van der Waals surface area contributed by atoms with E-state index in [9.17, 15) is 18.0 Å². The largest absolute Gasteiger partial charge is 0.465 e. The predicted molar refractivity (Wildman–Crippen MR) is 88.8 cm³/mol. The molecule has 0 radical (unpaired) electrons. The van der Waals surface area contributed by atoms with E-state index in [2.05, 4.69) is 15.1 Å². The Hall–Kier alpha value is -2.84. The molecule has 0 aliphatic heterocycles. The van der Waals surface area contributed by atoms with Crippen molar-refractivity contribution in [3.63, 3.8) is 0 Å². The van der Waals surface area contributed by atoms with Gasteiger partial charge in [0, 0.05) is 5.92 Å². The number of nitrogens with one attached hydrogen (secondary N) is 1. The fourth-order valence-corrected chi connectivity index (χ4v) is 2.66. The predicted octanol–water partition coefficient (Wildman–Crippen LogP) is 3.41. The summed E-state index contributed by atoms with van der Waals surface area (Å²) in [5.74, 6) is -4.34. The van der Waals surface area contributed by atoms with Crippen LogP contribution in [0.15, 0.2) is 16.9 Å². The molecule has 138 valence electrons. The first kappa shape index (κ1) is 18.0. The van der Waals surface area contributed by atoms with E-state index in [1.165, 1.54) is 0 Å². The van der Waals surface area contributed by atoms with E-state index in [1.807, 2.05) is 13.8 Å². The summed E-state index contributed by atoms with van der Waals surface area (Å²) >= 11 is 0. The molecule has 0 spiro atoms. The first-order chi connectivity index (χ1) is 12.4. The van der Waals surface area contributed by atoms with Gasteiger partial charge in [0.05, 0.1) is 17.9 Å². The molecule has 0 saturated heterocycles. The highest BCUT2D eigenvalue weighted by molar-refractivity contribution is 5.80. The highest BCUT2D eigenvalue weighted by Gasteiger charge is 2.24. The Labute approximate surface area is 146 Å². The molecular formula is C17H17F3N4O2. The molecule has 2 aromatic heterocycles. The minimum absolute atomic E-state index is 0.0371. The second kappa shape index (κ2) is 6.81. The Morgan fingerprint density at radius 2 is 1.88 bits per heavy atom. The van der Waals surface area contributed by atoms with Gasteiger partial charge in [0.1, 0.15) is 0 Å². The summed E-state index contributed by atoms with van der Waals surface area (Å²) in [6.07, 6.45) is 0.666. The Balaban J connectivity index is 2.39. The van der Waals surface area contributed by atoms with Gasteiger partial charge in [0.15, 0.2) is 23.1 Å². The molecule has 0 bridgehead atoms. The highest BCUT2D eigenvalue weighted by atomic mass is 19.2. The number of fused-ring (bicyclic) bond motifs is 1. The number of aromatic amines is 1. The lowest BCUT2D eigenvalue weighted by atomic mass is 9.96. The minimum Gasteiger partial charge on any atom is -0.465 e. The van der Waals surface area contributed by atoms with Crippen LogP contribution in [-0.4, -0.2) is 26.2 Å². The summed E-state index contributed by atoms with van der Waals surface area (Å²) in [6, 6.07) is 1.69. The number of rotatable bonds is 5. The molecule has 2 heterocycles. The molecule has 6 nitrogen and oxygen atoms in total. The van der Waals surface area contributed by atoms with E-state index in [0.717, 1.165) is 16.6 Å². The van der Waals surface area contributed by atoms with Crippen molar-refractivity contribution in [2.24, 2.45) is 0 Å². The topological polar surface area (TPSA) is 72.3 Å². The van der Waals surface area contributed by atoms with Gasteiger partial charge in [-0.3, -0.25) is 4.98 Å². The van der Waals surface area contributed by atoms with Crippen LogP contribution in [0, 0.1) is 17.5 Å². The summed E-state index contributed by atoms with van der Waals surface area (Å²) < 4.78 is 47.1. The van der Waals surface area contributed by atoms with Gasteiger partial charge >= 0.3 is 5.69 Å². The fourth-order valence-electron chi connectivity index (χ4n) is 2.66. The van der Waals surface area contributed by atoms with Crippen LogP contribution in [0.2, 0.25) is 0 Å². The van der Waals surface area contributed by atoms with E-state index >= 15 is 0 Å². The lowest BCUT2D eigenvalue weighted by Crippen LogP contribution is -2.20. The van der Waals surface area contributed by atoms with Crippen molar-refractivity contribution >= 4 is 5.65 Å². The molecule has 3 aromatic rings. The summed E-state index contributed by atoms with van der Waals surface area (Å²) in [5, 5.41) is 4.26. The van der Waals surface area contributed by atoms with Gasteiger partial charge in [-0.15, -0.1) is 0 Å². The first-order valence-corrected chi connectivity index (χ1v) is 8.18. The number of H-pyrrole nitrogens is 1. The fraction of sp³-hybridized carbons (Fsp3) is 0.353. The van der Waals surface area contributed by atoms with E-state index in [-0.39, 0.29) is 35.3 Å². The number of ether oxygens (including phenoxy) is 1. The highest BCUT2D eigenvalue weighted by Crippen LogP contribution is 2.34. The van der Waals surface area contributed by atoms with Gasteiger partial charge < -0.3 is 4.74 Å². The van der Waals surface area contributed by atoms with Crippen LogP contribution in [0.4, 0.5) is 13.2 Å². The average Bonchev–Trinajstić information content (AvgIpc) is 2.99. The van der Waals surface area contributed by atoms with E-state index < -0.39 is 23.1 Å². The van der Waals surface area contributed by atoms with Crippen molar-refractivity contribution in [3.05, 3.63) is 45.8 Å². The van der Waals surface area contributed by atoms with Crippen molar-refractivity contribution < 1.29 is 17.9 Å². The molecule has 1 unspecified atom stereocenters. The second-order valence-corrected chi connectivity index (χ2v) is 5.84. The Kier molecular flexibility index (Phi) is 4.71. The molecule has 1 N–H and O–H groups in total. The quantitative estimate of drug-likeness (QED) is 0.703. The van der Waals surface area contributed by atoms with Crippen LogP contribution >= 0.6 is 0 Å². The van der Waals surface area contributed by atoms with Crippen molar-refractivity contribution in [2.75, 3.05) is 6.61 Å². The number of halogens is 3. The maximum Gasteiger partial charge on any atom is 0.352 e. The summed E-state index contributed by atoms with van der Waals surface area (Å²) in [6.45, 7) is 5.75. The van der Waals surface area contributed by atoms with E-state index in [4.69, 9.17) is 4.74 Å². The SMILES string of the molecule is CCOc1nc2c(-c3cc(F)c(F)c(F)c3)c(C(C)CC)nn2c(=O)[nH]1. The van der Waals surface area contributed by atoms with Gasteiger partial charge in [-0.25, -0.2) is 18.0 Å². The van der Waals surface area contributed by atoms with Crippen LogP contribution in [0.1, 0.15) is 38.8 Å². The Bertz CT molecular complexity index is 1010. The molecule has 1 aromatic carbocycles. The lowest BCUT2D eigenvalue weighted by molar-refractivity contribution is 0.310. The maximum absolute atomic E-state index is 13.8. The number of hydrogen-bond acceptors (Lipinski definition) is 4. The zero-order valence-corrected chi connectivity index (χ0v) is 14.4. The van der Waals surface area contributed by atoms with Crippen molar-refractivity contribution in [1.29, 1.82) is 0 Å². The van der Waals surface area contributed by atoms with E-state index in [0.29, 0.717) is 12.1 Å². The van der Waals surface area contributed by atoms with Gasteiger partial charge in [-0.05, 0) is 31.0 Å². The molecule has 0 fully saturated rings. The third-order valence-corrected chi connectivity index (χ3v) is 4.13. The van der Waals surface area contributed by atoms with Crippen LogP contribution in [0.5, 0.6) is 6.01 Å². The first-order valence-electron chi connectivity index (χ1n) is 8.18. The van der Waals surface area contributed by atoms with Crippen LogP contribution in [-0.2, 0) is 0 Å². The molecule has 26 heavy (non-hydrogen) atoms. The Morgan fingerprint density at radius 1 is 1.23 bits per heavy atom. The van der Waals surface area contributed by atoms with Gasteiger partial charge in [-0.2, -0.15) is 14.6 Å². The van der Waals surface area contributed by atoms with Crippen LogP contribution in [0.25, 0.3) is 16.8 Å². The van der Waals surface area contributed by atoms with Crippen molar-refractivity contribution in [3.8, 4) is 17.1 Å². The van der Waals surface area contributed by atoms with Crippen molar-refractivity contribution in [2.45, 2.75) is 33.1 Å². The zero-order valence-electron chi connectivity index (χ0n) is 14.4. The standard InChI is InChI=1S/C17H17F3N4O2/c1-4-8(3)14-12(9-6-10(18)13(20)11(19)7-9)15-21-16(26-5-2)22-17(25)24(15)23-14/h6-8H,4-5H2,1-3H3,(H,21,22,25). The normalized spacial score (nSPS) is 12.5. The van der Waals surface area contributed by atoms with Crippen molar-refractivity contribution in [1.82, 2.24) is 19.6 Å². The number of benzene rings is 1. The lowest BCUT2D eigenvalue weighted by Gasteiger charge is -2.09. The smallest absolute Gasteiger partial charge is 0.352 e. The number of hydrogen-bond donors (Lipinski definition) is 1. The summed E-state index contributed by atoms with van der Waals surface area (Å²) in [4.78, 5) is 18.9. The third kappa shape index (κ3) is 2.93. The monoisotopic (exact) mass is 366 g/mol.